The molecule has 0 aromatic heterocycles. The van der Waals surface area contributed by atoms with E-state index in [0.717, 1.165) is 16.6 Å². The van der Waals surface area contributed by atoms with Gasteiger partial charge in [0.25, 0.3) is 0 Å². The SMILES string of the molecule is Oc1c(Br)cc(Br)cc1C=Nc1ccc(C(F)(F)F)cc1. The summed E-state index contributed by atoms with van der Waals surface area (Å²) in [4.78, 5) is 4.05. The van der Waals surface area contributed by atoms with Crippen LogP contribution in [0, 0.1) is 0 Å². The van der Waals surface area contributed by atoms with Gasteiger partial charge in [-0.25, -0.2) is 0 Å². The summed E-state index contributed by atoms with van der Waals surface area (Å²) < 4.78 is 38.5. The summed E-state index contributed by atoms with van der Waals surface area (Å²) in [6, 6.07) is 7.78. The molecule has 0 atom stereocenters. The molecule has 1 N–H and O–H groups in total. The van der Waals surface area contributed by atoms with Gasteiger partial charge in [0.05, 0.1) is 15.7 Å². The van der Waals surface area contributed by atoms with E-state index in [1.54, 1.807) is 12.1 Å². The first-order valence-corrected chi connectivity index (χ1v) is 7.25. The lowest BCUT2D eigenvalue weighted by atomic mass is 10.2. The second kappa shape index (κ2) is 6.19. The van der Waals surface area contributed by atoms with E-state index in [4.69, 9.17) is 0 Å². The van der Waals surface area contributed by atoms with Gasteiger partial charge < -0.3 is 5.11 Å². The van der Waals surface area contributed by atoms with Crippen LogP contribution in [0.15, 0.2) is 50.3 Å². The zero-order valence-corrected chi connectivity index (χ0v) is 13.5. The lowest BCUT2D eigenvalue weighted by Crippen LogP contribution is -2.03. The van der Waals surface area contributed by atoms with Gasteiger partial charge >= 0.3 is 6.18 Å². The van der Waals surface area contributed by atoms with Gasteiger partial charge in [0.1, 0.15) is 5.75 Å². The molecule has 0 aliphatic carbocycles. The highest BCUT2D eigenvalue weighted by Gasteiger charge is 2.29. The number of rotatable bonds is 2. The maximum Gasteiger partial charge on any atom is 0.416 e. The summed E-state index contributed by atoms with van der Waals surface area (Å²) in [5.74, 6) is 0.00821. The number of benzene rings is 2. The molecular weight excluding hydrogens is 415 g/mol. The van der Waals surface area contributed by atoms with Crippen LogP contribution >= 0.6 is 31.9 Å². The highest BCUT2D eigenvalue weighted by molar-refractivity contribution is 9.11. The Morgan fingerprint density at radius 2 is 1.67 bits per heavy atom. The standard InChI is InChI=1S/C14H8Br2F3NO/c15-10-5-8(13(21)12(16)6-10)7-20-11-3-1-9(2-4-11)14(17,18)19/h1-7,21H. The Labute approximate surface area is 135 Å². The van der Waals surface area contributed by atoms with Crippen molar-refractivity contribution in [2.45, 2.75) is 6.18 Å². The zero-order chi connectivity index (χ0) is 15.6. The zero-order valence-electron chi connectivity index (χ0n) is 10.3. The molecule has 0 heterocycles. The number of aliphatic imine (C=N–C) groups is 1. The van der Waals surface area contributed by atoms with Gasteiger partial charge in [-0.15, -0.1) is 0 Å². The van der Waals surface area contributed by atoms with Crippen molar-refractivity contribution in [2.75, 3.05) is 0 Å². The third kappa shape index (κ3) is 4.07. The average Bonchev–Trinajstić information content (AvgIpc) is 2.40. The van der Waals surface area contributed by atoms with Crippen LogP contribution in [0.2, 0.25) is 0 Å². The minimum absolute atomic E-state index is 0.00821. The predicted molar refractivity (Wildman–Crippen MR) is 82.2 cm³/mol. The molecule has 0 fully saturated rings. The van der Waals surface area contributed by atoms with E-state index in [9.17, 15) is 18.3 Å². The van der Waals surface area contributed by atoms with Crippen LogP contribution < -0.4 is 0 Å². The third-order valence-corrected chi connectivity index (χ3v) is 3.67. The van der Waals surface area contributed by atoms with Crippen molar-refractivity contribution in [3.63, 3.8) is 0 Å². The number of aromatic hydroxyl groups is 1. The molecule has 0 saturated heterocycles. The molecule has 2 rings (SSSR count). The number of nitrogens with zero attached hydrogens (tertiary/aromatic N) is 1. The van der Waals surface area contributed by atoms with Crippen molar-refractivity contribution in [2.24, 2.45) is 4.99 Å². The van der Waals surface area contributed by atoms with Gasteiger partial charge in [-0.05, 0) is 52.3 Å². The Hall–Kier alpha value is -1.34. The van der Waals surface area contributed by atoms with Gasteiger partial charge in [0.2, 0.25) is 0 Å². The fourth-order valence-electron chi connectivity index (χ4n) is 1.56. The molecule has 21 heavy (non-hydrogen) atoms. The molecule has 2 aromatic rings. The maximum absolute atomic E-state index is 12.4. The molecule has 7 heteroatoms. The monoisotopic (exact) mass is 421 g/mol. The lowest BCUT2D eigenvalue weighted by molar-refractivity contribution is -0.137. The van der Waals surface area contributed by atoms with Gasteiger partial charge in [0.15, 0.2) is 0 Å². The summed E-state index contributed by atoms with van der Waals surface area (Å²) in [6.07, 6.45) is -2.98. The van der Waals surface area contributed by atoms with Crippen molar-refractivity contribution < 1.29 is 18.3 Å². The molecule has 0 amide bonds. The minimum Gasteiger partial charge on any atom is -0.506 e. The van der Waals surface area contributed by atoms with Crippen LogP contribution in [0.3, 0.4) is 0 Å². The molecule has 110 valence electrons. The van der Waals surface area contributed by atoms with Gasteiger partial charge in [-0.2, -0.15) is 13.2 Å². The van der Waals surface area contributed by atoms with Crippen LogP contribution in [0.25, 0.3) is 0 Å². The highest BCUT2D eigenvalue weighted by Crippen LogP contribution is 2.32. The van der Waals surface area contributed by atoms with Crippen LogP contribution in [0.4, 0.5) is 18.9 Å². The van der Waals surface area contributed by atoms with E-state index in [2.05, 4.69) is 36.9 Å². The second-order valence-electron chi connectivity index (χ2n) is 4.13. The fraction of sp³-hybridized carbons (Fsp3) is 0.0714. The fourth-order valence-corrected chi connectivity index (χ4v) is 2.82. The van der Waals surface area contributed by atoms with Gasteiger partial charge in [-0.3, -0.25) is 4.99 Å². The van der Waals surface area contributed by atoms with Gasteiger partial charge in [0, 0.05) is 16.3 Å². The summed E-state index contributed by atoms with van der Waals surface area (Å²) in [5, 5.41) is 9.84. The molecule has 0 spiro atoms. The lowest BCUT2D eigenvalue weighted by Gasteiger charge is -2.06. The van der Waals surface area contributed by atoms with Crippen molar-refractivity contribution in [3.8, 4) is 5.75 Å². The Balaban J connectivity index is 2.26. The number of hydrogen-bond donors (Lipinski definition) is 1. The number of hydrogen-bond acceptors (Lipinski definition) is 2. The quantitative estimate of drug-likeness (QED) is 0.620. The second-order valence-corrected chi connectivity index (χ2v) is 5.90. The van der Waals surface area contributed by atoms with E-state index in [0.29, 0.717) is 15.7 Å². The van der Waals surface area contributed by atoms with E-state index in [1.165, 1.54) is 18.3 Å². The summed E-state index contributed by atoms with van der Waals surface area (Å²) in [6.45, 7) is 0. The van der Waals surface area contributed by atoms with E-state index >= 15 is 0 Å². The van der Waals surface area contributed by atoms with Crippen molar-refractivity contribution in [1.29, 1.82) is 0 Å². The van der Waals surface area contributed by atoms with E-state index in [-0.39, 0.29) is 5.75 Å². The van der Waals surface area contributed by atoms with Crippen molar-refractivity contribution in [1.82, 2.24) is 0 Å². The Morgan fingerprint density at radius 3 is 2.24 bits per heavy atom. The Bertz CT molecular complexity index is 682. The van der Waals surface area contributed by atoms with E-state index < -0.39 is 11.7 Å². The third-order valence-electron chi connectivity index (χ3n) is 2.60. The maximum atomic E-state index is 12.4. The molecular formula is C14H8Br2F3NO. The average molecular weight is 423 g/mol. The molecule has 2 nitrogen and oxygen atoms in total. The summed E-state index contributed by atoms with van der Waals surface area (Å²) in [7, 11) is 0. The van der Waals surface area contributed by atoms with Crippen LogP contribution in [-0.4, -0.2) is 11.3 Å². The van der Waals surface area contributed by atoms with Crippen LogP contribution in [0.1, 0.15) is 11.1 Å². The Kier molecular flexibility index (Phi) is 4.73. The number of halogens is 5. The topological polar surface area (TPSA) is 32.6 Å². The van der Waals surface area contributed by atoms with E-state index in [1.807, 2.05) is 0 Å². The molecule has 0 bridgehead atoms. The number of phenols is 1. The molecule has 0 saturated carbocycles. The molecule has 2 aromatic carbocycles. The molecule has 0 aliphatic rings. The normalized spacial score (nSPS) is 12.0. The van der Waals surface area contributed by atoms with Crippen LogP contribution in [0.5, 0.6) is 5.75 Å². The first kappa shape index (κ1) is 16.0. The number of phenolic OH excluding ortho intramolecular Hbond substituents is 1. The first-order chi connectivity index (χ1) is 9.77. The molecule has 0 aliphatic heterocycles. The molecule has 0 unspecified atom stereocenters. The van der Waals surface area contributed by atoms with Gasteiger partial charge in [-0.1, -0.05) is 15.9 Å². The smallest absolute Gasteiger partial charge is 0.416 e. The minimum atomic E-state index is -4.37. The van der Waals surface area contributed by atoms with Crippen LogP contribution in [-0.2, 0) is 6.18 Å². The number of alkyl halides is 3. The highest BCUT2D eigenvalue weighted by atomic mass is 79.9. The largest absolute Gasteiger partial charge is 0.506 e. The molecule has 0 radical (unpaired) electrons. The first-order valence-electron chi connectivity index (χ1n) is 5.67. The summed E-state index contributed by atoms with van der Waals surface area (Å²) in [5.41, 5.74) is 0.0733. The Morgan fingerprint density at radius 1 is 1.05 bits per heavy atom. The van der Waals surface area contributed by atoms with Crippen molar-refractivity contribution in [3.05, 3.63) is 56.5 Å². The summed E-state index contributed by atoms with van der Waals surface area (Å²) >= 11 is 6.46. The van der Waals surface area contributed by atoms with Crippen molar-refractivity contribution >= 4 is 43.8 Å². The predicted octanol–water partition coefficient (Wildman–Crippen LogP) is 5.69.